The number of esters is 1. The highest BCUT2D eigenvalue weighted by atomic mass is 16.5. The molecule has 1 saturated heterocycles. The van der Waals surface area contributed by atoms with E-state index < -0.39 is 0 Å². The van der Waals surface area contributed by atoms with Crippen LogP contribution in [0.3, 0.4) is 0 Å². The molecule has 1 unspecified atom stereocenters. The second-order valence-electron chi connectivity index (χ2n) is 3.63. The lowest BCUT2D eigenvalue weighted by Gasteiger charge is -2.12. The highest BCUT2D eigenvalue weighted by Gasteiger charge is 2.46. The summed E-state index contributed by atoms with van der Waals surface area (Å²) in [5.74, 6) is 0.717. The molecule has 0 spiro atoms. The molecular formula is C9H15NO2. The molecule has 68 valence electrons. The zero-order valence-electron chi connectivity index (χ0n) is 7.38. The number of fused-ring (bicyclic) bond motifs is 2. The van der Waals surface area contributed by atoms with Gasteiger partial charge in [-0.25, -0.2) is 0 Å². The van der Waals surface area contributed by atoms with Gasteiger partial charge in [0.15, 0.2) is 0 Å². The van der Waals surface area contributed by atoms with E-state index in [2.05, 4.69) is 5.32 Å². The highest BCUT2D eigenvalue weighted by Crippen LogP contribution is 2.37. The average Bonchev–Trinajstić information content (AvgIpc) is 2.62. The van der Waals surface area contributed by atoms with Crippen LogP contribution in [0.15, 0.2) is 0 Å². The molecule has 12 heavy (non-hydrogen) atoms. The first-order chi connectivity index (χ1) is 5.83. The Morgan fingerprint density at radius 2 is 2.42 bits per heavy atom. The SMILES string of the molecule is CCOC(=O)C1[C@@H]2CC[C@H]1NC2. The van der Waals surface area contributed by atoms with E-state index in [0.717, 1.165) is 13.0 Å². The fourth-order valence-electron chi connectivity index (χ4n) is 2.44. The third kappa shape index (κ3) is 1.12. The van der Waals surface area contributed by atoms with Crippen LogP contribution in [0.2, 0.25) is 0 Å². The van der Waals surface area contributed by atoms with Crippen LogP contribution in [0.1, 0.15) is 19.8 Å². The second kappa shape index (κ2) is 3.05. The quantitative estimate of drug-likeness (QED) is 0.613. The van der Waals surface area contributed by atoms with Crippen LogP contribution in [0, 0.1) is 11.8 Å². The molecular weight excluding hydrogens is 154 g/mol. The molecule has 0 amide bonds. The average molecular weight is 169 g/mol. The number of piperidine rings is 1. The van der Waals surface area contributed by atoms with Gasteiger partial charge in [-0.05, 0) is 32.2 Å². The van der Waals surface area contributed by atoms with E-state index in [4.69, 9.17) is 4.74 Å². The minimum Gasteiger partial charge on any atom is -0.466 e. The first-order valence-corrected chi connectivity index (χ1v) is 4.73. The number of carbonyl (C=O) groups is 1. The van der Waals surface area contributed by atoms with Crippen LogP contribution < -0.4 is 5.32 Å². The maximum absolute atomic E-state index is 11.4. The fraction of sp³-hybridized carbons (Fsp3) is 0.889. The summed E-state index contributed by atoms with van der Waals surface area (Å²) in [5, 5.41) is 3.34. The van der Waals surface area contributed by atoms with Crippen LogP contribution in [0.4, 0.5) is 0 Å². The standard InChI is InChI=1S/C9H15NO2/c1-2-12-9(11)8-6-3-4-7(8)10-5-6/h6-8,10H,2-5H2,1H3/t6-,7-,8?/m1/s1. The lowest BCUT2D eigenvalue weighted by molar-refractivity contribution is -0.148. The van der Waals surface area contributed by atoms with Crippen molar-refractivity contribution >= 4 is 5.97 Å². The van der Waals surface area contributed by atoms with Gasteiger partial charge in [0.05, 0.1) is 12.5 Å². The zero-order valence-corrected chi connectivity index (χ0v) is 7.38. The minimum atomic E-state index is 0.00926. The Balaban J connectivity index is 2.00. The highest BCUT2D eigenvalue weighted by molar-refractivity contribution is 5.74. The molecule has 2 bridgehead atoms. The molecule has 0 aromatic heterocycles. The molecule has 2 rings (SSSR count). The smallest absolute Gasteiger partial charge is 0.310 e. The molecule has 1 aliphatic heterocycles. The third-order valence-electron chi connectivity index (χ3n) is 2.99. The van der Waals surface area contributed by atoms with Gasteiger partial charge in [0.1, 0.15) is 0 Å². The van der Waals surface area contributed by atoms with Gasteiger partial charge in [0, 0.05) is 6.04 Å². The van der Waals surface area contributed by atoms with Crippen LogP contribution in [-0.4, -0.2) is 25.2 Å². The number of carbonyl (C=O) groups excluding carboxylic acids is 1. The summed E-state index contributed by atoms with van der Waals surface area (Å²) in [5.41, 5.74) is 0. The second-order valence-corrected chi connectivity index (χ2v) is 3.63. The van der Waals surface area contributed by atoms with Gasteiger partial charge >= 0.3 is 5.97 Å². The van der Waals surface area contributed by atoms with E-state index in [1.165, 1.54) is 6.42 Å². The van der Waals surface area contributed by atoms with Crippen molar-refractivity contribution in [3.05, 3.63) is 0 Å². The van der Waals surface area contributed by atoms with Gasteiger partial charge in [-0.15, -0.1) is 0 Å². The Hall–Kier alpha value is -0.570. The largest absolute Gasteiger partial charge is 0.466 e. The van der Waals surface area contributed by atoms with Crippen molar-refractivity contribution in [1.82, 2.24) is 5.32 Å². The number of hydrogen-bond donors (Lipinski definition) is 1. The van der Waals surface area contributed by atoms with Gasteiger partial charge in [0.25, 0.3) is 0 Å². The van der Waals surface area contributed by atoms with Crippen LogP contribution in [0.25, 0.3) is 0 Å². The summed E-state index contributed by atoms with van der Waals surface area (Å²) in [6, 6.07) is 0.411. The van der Waals surface area contributed by atoms with Gasteiger partial charge in [-0.3, -0.25) is 4.79 Å². The predicted octanol–water partition coefficient (Wildman–Crippen LogP) is 0.547. The topological polar surface area (TPSA) is 38.3 Å². The van der Waals surface area contributed by atoms with E-state index in [9.17, 15) is 4.79 Å². The Bertz CT molecular complexity index is 173. The lowest BCUT2D eigenvalue weighted by Crippen LogP contribution is -2.30. The van der Waals surface area contributed by atoms with E-state index in [0.29, 0.717) is 18.6 Å². The Morgan fingerprint density at radius 1 is 1.58 bits per heavy atom. The third-order valence-corrected chi connectivity index (χ3v) is 2.99. The number of hydrogen-bond acceptors (Lipinski definition) is 3. The van der Waals surface area contributed by atoms with Crippen LogP contribution in [0.5, 0.6) is 0 Å². The van der Waals surface area contributed by atoms with Gasteiger partial charge in [-0.1, -0.05) is 0 Å². The summed E-state index contributed by atoms with van der Waals surface area (Å²) in [4.78, 5) is 11.4. The van der Waals surface area contributed by atoms with Gasteiger partial charge in [-0.2, -0.15) is 0 Å². The van der Waals surface area contributed by atoms with E-state index in [1.807, 2.05) is 6.92 Å². The molecule has 2 aliphatic rings. The molecule has 2 fully saturated rings. The molecule has 0 aromatic rings. The maximum atomic E-state index is 11.4. The summed E-state index contributed by atoms with van der Waals surface area (Å²) < 4.78 is 5.03. The molecule has 0 radical (unpaired) electrons. The number of ether oxygens (including phenoxy) is 1. The van der Waals surface area contributed by atoms with E-state index in [-0.39, 0.29) is 11.9 Å². The fourth-order valence-corrected chi connectivity index (χ4v) is 2.44. The van der Waals surface area contributed by atoms with Gasteiger partial charge in [0.2, 0.25) is 0 Å². The minimum absolute atomic E-state index is 0.00926. The lowest BCUT2D eigenvalue weighted by atomic mass is 9.99. The van der Waals surface area contributed by atoms with Crippen molar-refractivity contribution in [1.29, 1.82) is 0 Å². The van der Waals surface area contributed by atoms with E-state index >= 15 is 0 Å². The predicted molar refractivity (Wildman–Crippen MR) is 44.6 cm³/mol. The van der Waals surface area contributed by atoms with Crippen LogP contribution in [-0.2, 0) is 9.53 Å². The molecule has 1 N–H and O–H groups in total. The summed E-state index contributed by atoms with van der Waals surface area (Å²) >= 11 is 0. The number of nitrogens with one attached hydrogen (secondary N) is 1. The zero-order chi connectivity index (χ0) is 8.55. The maximum Gasteiger partial charge on any atom is 0.310 e. The summed E-state index contributed by atoms with van der Waals surface area (Å²) in [7, 11) is 0. The van der Waals surface area contributed by atoms with Crippen molar-refractivity contribution < 1.29 is 9.53 Å². The first kappa shape index (κ1) is 8.05. The molecule has 3 heteroatoms. The van der Waals surface area contributed by atoms with E-state index in [1.54, 1.807) is 0 Å². The normalized spacial score (nSPS) is 38.6. The van der Waals surface area contributed by atoms with Crippen molar-refractivity contribution in [2.24, 2.45) is 11.8 Å². The Morgan fingerprint density at radius 3 is 2.83 bits per heavy atom. The van der Waals surface area contributed by atoms with Crippen molar-refractivity contribution in [2.45, 2.75) is 25.8 Å². The van der Waals surface area contributed by atoms with Gasteiger partial charge < -0.3 is 10.1 Å². The van der Waals surface area contributed by atoms with Crippen molar-refractivity contribution in [2.75, 3.05) is 13.2 Å². The van der Waals surface area contributed by atoms with Crippen molar-refractivity contribution in [3.8, 4) is 0 Å². The Kier molecular flexibility index (Phi) is 2.05. The van der Waals surface area contributed by atoms with Crippen molar-refractivity contribution in [3.63, 3.8) is 0 Å². The number of rotatable bonds is 2. The Labute approximate surface area is 72.5 Å². The molecule has 1 aliphatic carbocycles. The molecule has 3 atom stereocenters. The molecule has 3 nitrogen and oxygen atoms in total. The monoisotopic (exact) mass is 169 g/mol. The molecule has 1 heterocycles. The van der Waals surface area contributed by atoms with Crippen LogP contribution >= 0.6 is 0 Å². The molecule has 1 saturated carbocycles. The summed E-state index contributed by atoms with van der Waals surface area (Å²) in [6.07, 6.45) is 2.34. The summed E-state index contributed by atoms with van der Waals surface area (Å²) in [6.45, 7) is 3.38. The molecule has 0 aromatic carbocycles. The first-order valence-electron chi connectivity index (χ1n) is 4.73.